The molecule has 11 aromatic rings. The minimum atomic E-state index is 0.877. The normalized spacial score (nSPS) is 11.5. The fourth-order valence-corrected chi connectivity index (χ4v) is 8.55. The van der Waals surface area contributed by atoms with Gasteiger partial charge in [0.25, 0.3) is 0 Å². The Bertz CT molecular complexity index is 3330. The van der Waals surface area contributed by atoms with Crippen LogP contribution in [0.3, 0.4) is 0 Å². The fraction of sp³-hybridized carbons (Fsp3) is 0.0182. The predicted octanol–water partition coefficient (Wildman–Crippen LogP) is 15.0. The minimum Gasteiger partial charge on any atom is -0.456 e. The van der Waals surface area contributed by atoms with Crippen LogP contribution in [0.5, 0.6) is 0 Å². The highest BCUT2D eigenvalue weighted by molar-refractivity contribution is 6.14. The lowest BCUT2D eigenvalue weighted by molar-refractivity contribution is 0.669. The van der Waals surface area contributed by atoms with Crippen LogP contribution in [-0.4, -0.2) is 9.97 Å². The number of pyridine rings is 2. The number of para-hydroxylation sites is 1. The van der Waals surface area contributed by atoms with Gasteiger partial charge in [-0.2, -0.15) is 0 Å². The number of benzene rings is 8. The Kier molecular flexibility index (Phi) is 8.04. The van der Waals surface area contributed by atoms with Gasteiger partial charge in [-0.25, -0.2) is 9.97 Å². The molecule has 8 aromatic carbocycles. The Hall–Kier alpha value is -7.62. The molecule has 3 heteroatoms. The lowest BCUT2D eigenvalue weighted by atomic mass is 9.89. The molecular weight excluding hydrogens is 705 g/mol. The molecule has 0 saturated carbocycles. The summed E-state index contributed by atoms with van der Waals surface area (Å²) in [6.07, 6.45) is 0. The van der Waals surface area contributed by atoms with Gasteiger partial charge in [0.15, 0.2) is 0 Å². The van der Waals surface area contributed by atoms with E-state index in [4.69, 9.17) is 14.4 Å². The monoisotopic (exact) mass is 740 g/mol. The molecule has 0 saturated heterocycles. The van der Waals surface area contributed by atoms with Crippen molar-refractivity contribution in [2.24, 2.45) is 0 Å². The van der Waals surface area contributed by atoms with E-state index in [1.54, 1.807) is 0 Å². The van der Waals surface area contributed by atoms with Gasteiger partial charge in [-0.15, -0.1) is 0 Å². The maximum absolute atomic E-state index is 6.27. The van der Waals surface area contributed by atoms with Crippen molar-refractivity contribution in [2.75, 3.05) is 0 Å². The van der Waals surface area contributed by atoms with Gasteiger partial charge in [0.1, 0.15) is 11.2 Å². The number of hydrogen-bond acceptors (Lipinski definition) is 3. The predicted molar refractivity (Wildman–Crippen MR) is 242 cm³/mol. The van der Waals surface area contributed by atoms with Crippen LogP contribution in [0, 0.1) is 6.92 Å². The zero-order valence-electron chi connectivity index (χ0n) is 31.9. The third-order valence-electron chi connectivity index (χ3n) is 11.4. The van der Waals surface area contributed by atoms with E-state index < -0.39 is 0 Å². The maximum atomic E-state index is 6.27. The van der Waals surface area contributed by atoms with Gasteiger partial charge < -0.3 is 4.42 Å². The van der Waals surface area contributed by atoms with Crippen molar-refractivity contribution in [3.05, 3.63) is 206 Å². The van der Waals surface area contributed by atoms with Crippen LogP contribution in [-0.2, 0) is 0 Å². The molecule has 0 aliphatic rings. The highest BCUT2D eigenvalue weighted by atomic mass is 16.3. The van der Waals surface area contributed by atoms with Crippen LogP contribution < -0.4 is 0 Å². The SMILES string of the molecule is Cc1c(-c2cc(-c3ccc4oc5ccccc5c4c3)cc(-c3cc(-c4ccccc4)c4c(ccc5ccccc54)n3)c2)cc(-c2ccccc2)nc1-c1ccccc1. The molecule has 3 nitrogen and oxygen atoms in total. The summed E-state index contributed by atoms with van der Waals surface area (Å²) in [7, 11) is 0. The lowest BCUT2D eigenvalue weighted by Gasteiger charge is -2.18. The summed E-state index contributed by atoms with van der Waals surface area (Å²) in [5.74, 6) is 0. The van der Waals surface area contributed by atoms with Crippen LogP contribution >= 0.6 is 0 Å². The van der Waals surface area contributed by atoms with Crippen molar-refractivity contribution in [1.82, 2.24) is 9.97 Å². The second-order valence-electron chi connectivity index (χ2n) is 15.0. The van der Waals surface area contributed by atoms with Crippen LogP contribution in [0.15, 0.2) is 205 Å². The van der Waals surface area contributed by atoms with Crippen LogP contribution in [0.1, 0.15) is 5.56 Å². The smallest absolute Gasteiger partial charge is 0.135 e. The number of rotatable bonds is 6. The molecule has 0 atom stereocenters. The Morgan fingerprint density at radius 2 is 0.966 bits per heavy atom. The molecule has 0 aliphatic carbocycles. The number of hydrogen-bond donors (Lipinski definition) is 0. The zero-order chi connectivity index (χ0) is 38.6. The molecule has 272 valence electrons. The van der Waals surface area contributed by atoms with E-state index in [9.17, 15) is 0 Å². The van der Waals surface area contributed by atoms with Crippen LogP contribution in [0.4, 0.5) is 0 Å². The molecule has 0 fully saturated rings. The standard InChI is InChI=1S/C55H36N2O/c1-35-46(33-50(38-18-7-3-8-19-38)57-55(35)39-20-9-4-10-21-39)42-29-41(40-26-28-53-48(32-40)45-23-13-14-24-52(45)58-53)30-43(31-42)51-34-47(36-15-5-2-6-16-36)54-44-22-12-11-17-37(44)25-27-49(54)56-51/h2-34H,1H3. The average molecular weight is 741 g/mol. The molecule has 3 heterocycles. The van der Waals surface area contributed by atoms with Gasteiger partial charge in [0.2, 0.25) is 0 Å². The molecule has 0 radical (unpaired) electrons. The fourth-order valence-electron chi connectivity index (χ4n) is 8.55. The molecular formula is C55H36N2O. The molecule has 58 heavy (non-hydrogen) atoms. The van der Waals surface area contributed by atoms with Crippen molar-refractivity contribution in [2.45, 2.75) is 6.92 Å². The summed E-state index contributed by atoms with van der Waals surface area (Å²) in [5.41, 5.74) is 16.6. The van der Waals surface area contributed by atoms with Crippen molar-refractivity contribution in [3.8, 4) is 67.2 Å². The molecule has 0 spiro atoms. The summed E-state index contributed by atoms with van der Waals surface area (Å²) < 4.78 is 6.27. The van der Waals surface area contributed by atoms with Crippen molar-refractivity contribution < 1.29 is 4.42 Å². The molecule has 0 amide bonds. The van der Waals surface area contributed by atoms with E-state index in [-0.39, 0.29) is 0 Å². The topological polar surface area (TPSA) is 38.9 Å². The molecule has 0 bridgehead atoms. The Balaban J connectivity index is 1.20. The lowest BCUT2D eigenvalue weighted by Crippen LogP contribution is -1.97. The van der Waals surface area contributed by atoms with Gasteiger partial charge >= 0.3 is 0 Å². The summed E-state index contributed by atoms with van der Waals surface area (Å²) in [5, 5.41) is 5.76. The zero-order valence-corrected chi connectivity index (χ0v) is 31.9. The minimum absolute atomic E-state index is 0.877. The van der Waals surface area contributed by atoms with Gasteiger partial charge in [-0.1, -0.05) is 146 Å². The van der Waals surface area contributed by atoms with Crippen LogP contribution in [0.25, 0.3) is 111 Å². The first-order valence-corrected chi connectivity index (χ1v) is 19.7. The Morgan fingerprint density at radius 1 is 0.362 bits per heavy atom. The summed E-state index contributed by atoms with van der Waals surface area (Å²) in [6.45, 7) is 2.20. The second-order valence-corrected chi connectivity index (χ2v) is 15.0. The first-order chi connectivity index (χ1) is 28.6. The Labute approximate surface area is 336 Å². The van der Waals surface area contributed by atoms with Crippen molar-refractivity contribution in [3.63, 3.8) is 0 Å². The largest absolute Gasteiger partial charge is 0.456 e. The second kappa shape index (κ2) is 13.8. The summed E-state index contributed by atoms with van der Waals surface area (Å²) in [6, 6.07) is 70.9. The van der Waals surface area contributed by atoms with E-state index in [2.05, 4.69) is 195 Å². The third-order valence-corrected chi connectivity index (χ3v) is 11.4. The van der Waals surface area contributed by atoms with Crippen molar-refractivity contribution in [1.29, 1.82) is 0 Å². The number of furan rings is 1. The quantitative estimate of drug-likeness (QED) is 0.159. The van der Waals surface area contributed by atoms with Gasteiger partial charge in [0, 0.05) is 32.8 Å². The van der Waals surface area contributed by atoms with Gasteiger partial charge in [-0.3, -0.25) is 0 Å². The number of nitrogens with zero attached hydrogens (tertiary/aromatic N) is 2. The average Bonchev–Trinajstić information content (AvgIpc) is 3.67. The molecule has 11 rings (SSSR count). The maximum Gasteiger partial charge on any atom is 0.135 e. The van der Waals surface area contributed by atoms with Gasteiger partial charge in [0.05, 0.1) is 22.6 Å². The van der Waals surface area contributed by atoms with E-state index in [0.29, 0.717) is 0 Å². The molecule has 0 aliphatic heterocycles. The highest BCUT2D eigenvalue weighted by Gasteiger charge is 2.19. The number of aromatic nitrogens is 2. The van der Waals surface area contributed by atoms with E-state index in [1.807, 2.05) is 12.1 Å². The third kappa shape index (κ3) is 5.84. The van der Waals surface area contributed by atoms with E-state index in [0.717, 1.165) is 106 Å². The highest BCUT2D eigenvalue weighted by Crippen LogP contribution is 2.42. The summed E-state index contributed by atoms with van der Waals surface area (Å²) in [4.78, 5) is 10.8. The Morgan fingerprint density at radius 3 is 1.76 bits per heavy atom. The first-order valence-electron chi connectivity index (χ1n) is 19.7. The number of fused-ring (bicyclic) bond motifs is 6. The summed E-state index contributed by atoms with van der Waals surface area (Å²) >= 11 is 0. The van der Waals surface area contributed by atoms with E-state index in [1.165, 1.54) is 10.8 Å². The molecule has 0 unspecified atom stereocenters. The van der Waals surface area contributed by atoms with Crippen molar-refractivity contribution >= 4 is 43.6 Å². The molecule has 0 N–H and O–H groups in total. The van der Waals surface area contributed by atoms with Gasteiger partial charge in [-0.05, 0) is 111 Å². The van der Waals surface area contributed by atoms with E-state index >= 15 is 0 Å². The first kappa shape index (κ1) is 33.7. The molecule has 3 aromatic heterocycles. The van der Waals surface area contributed by atoms with Crippen LogP contribution in [0.2, 0.25) is 0 Å².